The highest BCUT2D eigenvalue weighted by molar-refractivity contribution is 9.10. The maximum absolute atomic E-state index is 11.7. The lowest BCUT2D eigenvalue weighted by atomic mass is 10.2. The maximum atomic E-state index is 11.7. The molecule has 0 aliphatic heterocycles. The van der Waals surface area contributed by atoms with E-state index in [2.05, 4.69) is 26.6 Å². The van der Waals surface area contributed by atoms with Crippen molar-refractivity contribution in [2.45, 2.75) is 13.5 Å². The predicted molar refractivity (Wildman–Crippen MR) is 81.2 cm³/mol. The van der Waals surface area contributed by atoms with Gasteiger partial charge in [0.25, 0.3) is 0 Å². The third-order valence-electron chi connectivity index (χ3n) is 2.71. The van der Waals surface area contributed by atoms with Crippen LogP contribution in [0.4, 0.5) is 10.5 Å². The molecule has 0 aliphatic rings. The second-order valence-electron chi connectivity index (χ2n) is 4.27. The molecule has 2 aromatic carbocycles. The zero-order valence-electron chi connectivity index (χ0n) is 10.6. The van der Waals surface area contributed by atoms with Gasteiger partial charge in [0.15, 0.2) is 0 Å². The van der Waals surface area contributed by atoms with E-state index in [4.69, 9.17) is 0 Å². The quantitative estimate of drug-likeness (QED) is 0.879. The Labute approximate surface area is 121 Å². The van der Waals surface area contributed by atoms with Crippen LogP contribution in [0.15, 0.2) is 53.0 Å². The van der Waals surface area contributed by atoms with Crippen molar-refractivity contribution < 1.29 is 4.79 Å². The molecule has 0 unspecified atom stereocenters. The summed E-state index contributed by atoms with van der Waals surface area (Å²) in [5.74, 6) is 0. The van der Waals surface area contributed by atoms with Gasteiger partial charge in [0, 0.05) is 16.7 Å². The first-order chi connectivity index (χ1) is 9.15. The summed E-state index contributed by atoms with van der Waals surface area (Å²) in [5.41, 5.74) is 3.00. The van der Waals surface area contributed by atoms with Crippen LogP contribution >= 0.6 is 15.9 Å². The highest BCUT2D eigenvalue weighted by Gasteiger charge is 2.03. The molecule has 0 bridgehead atoms. The lowest BCUT2D eigenvalue weighted by molar-refractivity contribution is 0.251. The zero-order chi connectivity index (χ0) is 13.7. The average Bonchev–Trinajstić information content (AvgIpc) is 2.40. The lowest BCUT2D eigenvalue weighted by Gasteiger charge is -2.09. The number of anilines is 1. The van der Waals surface area contributed by atoms with Crippen molar-refractivity contribution in [3.05, 3.63) is 64.1 Å². The molecule has 4 heteroatoms. The number of hydrogen-bond donors (Lipinski definition) is 2. The molecule has 0 atom stereocenters. The Balaban J connectivity index is 1.88. The lowest BCUT2D eigenvalue weighted by Crippen LogP contribution is -2.28. The van der Waals surface area contributed by atoms with Gasteiger partial charge in [-0.05, 0) is 30.7 Å². The minimum Gasteiger partial charge on any atom is -0.334 e. The molecule has 0 aliphatic carbocycles. The molecule has 2 rings (SSSR count). The fraction of sp³-hybridized carbons (Fsp3) is 0.133. The van der Waals surface area contributed by atoms with Gasteiger partial charge in [-0.1, -0.05) is 51.8 Å². The minimum atomic E-state index is -0.209. The second-order valence-corrected chi connectivity index (χ2v) is 5.12. The number of rotatable bonds is 3. The Kier molecular flexibility index (Phi) is 4.58. The molecule has 19 heavy (non-hydrogen) atoms. The molecule has 0 fully saturated rings. The summed E-state index contributed by atoms with van der Waals surface area (Å²) >= 11 is 3.45. The SMILES string of the molecule is Cc1ccc(NC(=O)NCc2ccccc2Br)cc1. The molecule has 3 nitrogen and oxygen atoms in total. The minimum absolute atomic E-state index is 0.209. The molecule has 2 amide bonds. The standard InChI is InChI=1S/C15H15BrN2O/c1-11-6-8-13(9-7-11)18-15(19)17-10-12-4-2-3-5-14(12)16/h2-9H,10H2,1H3,(H2,17,18,19). The summed E-state index contributed by atoms with van der Waals surface area (Å²) < 4.78 is 0.991. The van der Waals surface area contributed by atoms with E-state index in [9.17, 15) is 4.79 Å². The summed E-state index contributed by atoms with van der Waals surface area (Å²) in [6.45, 7) is 2.50. The fourth-order valence-electron chi connectivity index (χ4n) is 1.63. The Hall–Kier alpha value is -1.81. The van der Waals surface area contributed by atoms with Gasteiger partial charge in [0.05, 0.1) is 0 Å². The number of halogens is 1. The van der Waals surface area contributed by atoms with Crippen molar-refractivity contribution in [1.82, 2.24) is 5.32 Å². The number of nitrogens with one attached hydrogen (secondary N) is 2. The van der Waals surface area contributed by atoms with E-state index in [0.717, 1.165) is 15.7 Å². The summed E-state index contributed by atoms with van der Waals surface area (Å²) in [4.78, 5) is 11.7. The first-order valence-corrected chi connectivity index (χ1v) is 6.79. The molecular formula is C15H15BrN2O. The van der Waals surface area contributed by atoms with E-state index in [1.54, 1.807) is 0 Å². The molecule has 0 spiro atoms. The van der Waals surface area contributed by atoms with Crippen molar-refractivity contribution >= 4 is 27.6 Å². The molecule has 2 aromatic rings. The summed E-state index contributed by atoms with van der Waals surface area (Å²) in [6.07, 6.45) is 0. The number of hydrogen-bond acceptors (Lipinski definition) is 1. The normalized spacial score (nSPS) is 10.0. The largest absolute Gasteiger partial charge is 0.334 e. The summed E-state index contributed by atoms with van der Waals surface area (Å²) in [5, 5.41) is 5.62. The Morgan fingerprint density at radius 2 is 1.79 bits per heavy atom. The zero-order valence-corrected chi connectivity index (χ0v) is 12.2. The molecule has 0 aromatic heterocycles. The highest BCUT2D eigenvalue weighted by Crippen LogP contribution is 2.15. The Morgan fingerprint density at radius 1 is 1.11 bits per heavy atom. The monoisotopic (exact) mass is 318 g/mol. The summed E-state index contributed by atoms with van der Waals surface area (Å²) in [7, 11) is 0. The van der Waals surface area contributed by atoms with Gasteiger partial charge >= 0.3 is 6.03 Å². The van der Waals surface area contributed by atoms with Crippen LogP contribution in [0.2, 0.25) is 0 Å². The molecule has 2 N–H and O–H groups in total. The number of amides is 2. The molecule has 98 valence electrons. The number of carbonyl (C=O) groups is 1. The number of aryl methyl sites for hydroxylation is 1. The van der Waals surface area contributed by atoms with E-state index >= 15 is 0 Å². The first kappa shape index (κ1) is 13.6. The highest BCUT2D eigenvalue weighted by atomic mass is 79.9. The third-order valence-corrected chi connectivity index (χ3v) is 3.48. The van der Waals surface area contributed by atoms with Crippen LogP contribution in [-0.2, 0) is 6.54 Å². The van der Waals surface area contributed by atoms with Crippen LogP contribution in [0.5, 0.6) is 0 Å². The Bertz CT molecular complexity index is 567. The third kappa shape index (κ3) is 4.10. The number of benzene rings is 2. The average molecular weight is 319 g/mol. The van der Waals surface area contributed by atoms with Crippen LogP contribution in [0.25, 0.3) is 0 Å². The van der Waals surface area contributed by atoms with Crippen molar-refractivity contribution in [3.8, 4) is 0 Å². The van der Waals surface area contributed by atoms with E-state index in [-0.39, 0.29) is 6.03 Å². The van der Waals surface area contributed by atoms with Crippen molar-refractivity contribution in [3.63, 3.8) is 0 Å². The molecule has 0 saturated carbocycles. The predicted octanol–water partition coefficient (Wildman–Crippen LogP) is 4.08. The number of carbonyl (C=O) groups excluding carboxylic acids is 1. The van der Waals surface area contributed by atoms with E-state index < -0.39 is 0 Å². The maximum Gasteiger partial charge on any atom is 0.319 e. The van der Waals surface area contributed by atoms with Gasteiger partial charge in [0.1, 0.15) is 0 Å². The number of urea groups is 1. The van der Waals surface area contributed by atoms with E-state index in [0.29, 0.717) is 6.54 Å². The molecular weight excluding hydrogens is 304 g/mol. The summed E-state index contributed by atoms with van der Waals surface area (Å²) in [6, 6.07) is 15.3. The van der Waals surface area contributed by atoms with Crippen molar-refractivity contribution in [2.75, 3.05) is 5.32 Å². The van der Waals surface area contributed by atoms with Gasteiger partial charge in [0.2, 0.25) is 0 Å². The second kappa shape index (κ2) is 6.38. The molecule has 0 saturated heterocycles. The van der Waals surface area contributed by atoms with Crippen LogP contribution in [-0.4, -0.2) is 6.03 Å². The van der Waals surface area contributed by atoms with Gasteiger partial charge in [-0.3, -0.25) is 0 Å². The molecule has 0 heterocycles. The Morgan fingerprint density at radius 3 is 2.47 bits per heavy atom. The smallest absolute Gasteiger partial charge is 0.319 e. The topological polar surface area (TPSA) is 41.1 Å². The van der Waals surface area contributed by atoms with E-state index in [1.165, 1.54) is 5.56 Å². The van der Waals surface area contributed by atoms with Gasteiger partial charge in [-0.2, -0.15) is 0 Å². The molecule has 0 radical (unpaired) electrons. The fourth-order valence-corrected chi connectivity index (χ4v) is 2.05. The first-order valence-electron chi connectivity index (χ1n) is 6.00. The van der Waals surface area contributed by atoms with Crippen LogP contribution < -0.4 is 10.6 Å². The van der Waals surface area contributed by atoms with E-state index in [1.807, 2.05) is 55.5 Å². The van der Waals surface area contributed by atoms with Crippen LogP contribution in [0.1, 0.15) is 11.1 Å². The van der Waals surface area contributed by atoms with Gasteiger partial charge < -0.3 is 10.6 Å². The van der Waals surface area contributed by atoms with Gasteiger partial charge in [-0.25, -0.2) is 4.79 Å². The van der Waals surface area contributed by atoms with Gasteiger partial charge in [-0.15, -0.1) is 0 Å². The van der Waals surface area contributed by atoms with Crippen molar-refractivity contribution in [1.29, 1.82) is 0 Å². The van der Waals surface area contributed by atoms with Crippen molar-refractivity contribution in [2.24, 2.45) is 0 Å². The van der Waals surface area contributed by atoms with Crippen LogP contribution in [0, 0.1) is 6.92 Å². The van der Waals surface area contributed by atoms with Crippen LogP contribution in [0.3, 0.4) is 0 Å².